The molecule has 2 aliphatic heterocycles. The molecule has 0 bridgehead atoms. The highest BCUT2D eigenvalue weighted by Crippen LogP contribution is 2.29. The second kappa shape index (κ2) is 4.66. The van der Waals surface area contributed by atoms with Crippen LogP contribution in [0.25, 0.3) is 5.82 Å². The fourth-order valence-electron chi connectivity index (χ4n) is 3.23. The van der Waals surface area contributed by atoms with E-state index in [9.17, 15) is 4.39 Å². The number of piperidine rings is 1. The molecule has 0 amide bonds. The first-order valence-corrected chi connectivity index (χ1v) is 7.25. The first kappa shape index (κ1) is 12.0. The fraction of sp³-hybridized carbons (Fsp3) is 0.467. The van der Waals surface area contributed by atoms with Crippen LogP contribution in [0.15, 0.2) is 18.3 Å². The highest BCUT2D eigenvalue weighted by atomic mass is 19.1. The predicted octanol–water partition coefficient (Wildman–Crippen LogP) is 1.97. The summed E-state index contributed by atoms with van der Waals surface area (Å²) in [5.74, 6) is 1.07. The Bertz CT molecular complexity index is 643. The minimum atomic E-state index is -0.266. The first-order chi connectivity index (χ1) is 9.81. The minimum Gasteiger partial charge on any atom is -0.317 e. The third-order valence-electron chi connectivity index (χ3n) is 4.32. The van der Waals surface area contributed by atoms with Crippen LogP contribution in [0.4, 0.5) is 4.39 Å². The van der Waals surface area contributed by atoms with Gasteiger partial charge in [-0.05, 0) is 50.9 Å². The van der Waals surface area contributed by atoms with Crippen LogP contribution in [0.2, 0.25) is 0 Å². The Morgan fingerprint density at radius 2 is 2.05 bits per heavy atom. The molecule has 1 fully saturated rings. The molecule has 5 heteroatoms. The second-order valence-corrected chi connectivity index (χ2v) is 5.63. The van der Waals surface area contributed by atoms with E-state index < -0.39 is 0 Å². The number of hydrogen-bond acceptors (Lipinski definition) is 3. The highest BCUT2D eigenvalue weighted by Gasteiger charge is 2.24. The summed E-state index contributed by atoms with van der Waals surface area (Å²) in [7, 11) is 0. The van der Waals surface area contributed by atoms with Crippen LogP contribution in [0, 0.1) is 5.82 Å². The summed E-state index contributed by atoms with van der Waals surface area (Å²) in [6.07, 6.45) is 5.31. The molecule has 0 atom stereocenters. The number of rotatable bonds is 1. The Kier molecular flexibility index (Phi) is 2.80. The maximum absolute atomic E-state index is 13.3. The van der Waals surface area contributed by atoms with Gasteiger partial charge < -0.3 is 5.32 Å². The second-order valence-electron chi connectivity index (χ2n) is 5.63. The molecular formula is C15H17FN4. The molecule has 4 heterocycles. The van der Waals surface area contributed by atoms with Crippen molar-refractivity contribution < 1.29 is 4.39 Å². The molecule has 0 saturated carbocycles. The Morgan fingerprint density at radius 3 is 2.90 bits per heavy atom. The van der Waals surface area contributed by atoms with Crippen molar-refractivity contribution >= 4 is 0 Å². The number of halogens is 1. The average molecular weight is 272 g/mol. The number of nitrogens with one attached hydrogen (secondary N) is 1. The van der Waals surface area contributed by atoms with Crippen LogP contribution < -0.4 is 5.32 Å². The van der Waals surface area contributed by atoms with E-state index in [0.29, 0.717) is 5.92 Å². The highest BCUT2D eigenvalue weighted by molar-refractivity contribution is 5.39. The van der Waals surface area contributed by atoms with Gasteiger partial charge >= 0.3 is 0 Å². The summed E-state index contributed by atoms with van der Waals surface area (Å²) >= 11 is 0. The van der Waals surface area contributed by atoms with E-state index in [1.165, 1.54) is 17.6 Å². The summed E-state index contributed by atoms with van der Waals surface area (Å²) in [5.41, 5.74) is 3.32. The molecule has 104 valence electrons. The van der Waals surface area contributed by atoms with E-state index in [4.69, 9.17) is 5.10 Å². The van der Waals surface area contributed by atoms with Crippen molar-refractivity contribution in [1.29, 1.82) is 0 Å². The normalized spacial score (nSPS) is 18.6. The molecule has 0 aliphatic carbocycles. The van der Waals surface area contributed by atoms with Crippen LogP contribution in [-0.2, 0) is 12.8 Å². The quantitative estimate of drug-likeness (QED) is 0.863. The van der Waals surface area contributed by atoms with Gasteiger partial charge in [0.05, 0.1) is 11.9 Å². The van der Waals surface area contributed by atoms with Gasteiger partial charge in [0.25, 0.3) is 0 Å². The molecule has 4 rings (SSSR count). The summed E-state index contributed by atoms with van der Waals surface area (Å²) in [5, 5.41) is 8.13. The van der Waals surface area contributed by atoms with Gasteiger partial charge in [0, 0.05) is 17.2 Å². The van der Waals surface area contributed by atoms with E-state index in [2.05, 4.69) is 16.4 Å². The van der Waals surface area contributed by atoms with Crippen molar-refractivity contribution in [3.8, 4) is 5.82 Å². The zero-order chi connectivity index (χ0) is 13.5. The SMILES string of the molecule is Fc1cnc2c(c1)CCc1cc(C3CCNCC3)nn1-2. The predicted molar refractivity (Wildman–Crippen MR) is 73.6 cm³/mol. The summed E-state index contributed by atoms with van der Waals surface area (Å²) < 4.78 is 15.2. The molecule has 4 nitrogen and oxygen atoms in total. The molecule has 0 radical (unpaired) electrons. The Hall–Kier alpha value is -1.75. The van der Waals surface area contributed by atoms with Gasteiger partial charge in [0.2, 0.25) is 0 Å². The number of aryl methyl sites for hydroxylation is 2. The van der Waals surface area contributed by atoms with Gasteiger partial charge in [0.15, 0.2) is 5.82 Å². The zero-order valence-electron chi connectivity index (χ0n) is 11.3. The Balaban J connectivity index is 1.74. The summed E-state index contributed by atoms with van der Waals surface area (Å²) in [4.78, 5) is 4.23. The van der Waals surface area contributed by atoms with Gasteiger partial charge in [-0.1, -0.05) is 0 Å². The molecule has 2 aromatic heterocycles. The number of nitrogens with zero attached hydrogens (tertiary/aromatic N) is 3. The zero-order valence-corrected chi connectivity index (χ0v) is 11.3. The maximum atomic E-state index is 13.3. The van der Waals surface area contributed by atoms with Crippen LogP contribution in [0.3, 0.4) is 0 Å². The third-order valence-corrected chi connectivity index (χ3v) is 4.32. The first-order valence-electron chi connectivity index (χ1n) is 7.25. The molecule has 0 spiro atoms. The van der Waals surface area contributed by atoms with E-state index >= 15 is 0 Å². The molecule has 1 N–H and O–H groups in total. The smallest absolute Gasteiger partial charge is 0.157 e. The number of hydrogen-bond donors (Lipinski definition) is 1. The van der Waals surface area contributed by atoms with Gasteiger partial charge in [-0.25, -0.2) is 14.1 Å². The van der Waals surface area contributed by atoms with Crippen LogP contribution in [-0.4, -0.2) is 27.9 Å². The van der Waals surface area contributed by atoms with Crippen molar-refractivity contribution in [2.24, 2.45) is 0 Å². The lowest BCUT2D eigenvalue weighted by Crippen LogP contribution is -2.26. The lowest BCUT2D eigenvalue weighted by atomic mass is 9.94. The molecule has 0 aromatic carbocycles. The number of fused-ring (bicyclic) bond motifs is 3. The third kappa shape index (κ3) is 1.93. The molecule has 0 unspecified atom stereocenters. The Morgan fingerprint density at radius 1 is 1.20 bits per heavy atom. The van der Waals surface area contributed by atoms with E-state index in [1.807, 2.05) is 4.68 Å². The molecular weight excluding hydrogens is 255 g/mol. The molecule has 2 aromatic rings. The average Bonchev–Trinajstić information content (AvgIpc) is 2.92. The van der Waals surface area contributed by atoms with E-state index in [1.54, 1.807) is 6.07 Å². The van der Waals surface area contributed by atoms with Crippen molar-refractivity contribution in [1.82, 2.24) is 20.1 Å². The van der Waals surface area contributed by atoms with Gasteiger partial charge in [-0.3, -0.25) is 0 Å². The lowest BCUT2D eigenvalue weighted by molar-refractivity contribution is 0.451. The van der Waals surface area contributed by atoms with E-state index in [0.717, 1.165) is 50.2 Å². The molecule has 2 aliphatic rings. The van der Waals surface area contributed by atoms with Crippen LogP contribution in [0.1, 0.15) is 35.7 Å². The standard InChI is InChI=1S/C15H17FN4/c16-12-7-11-1-2-13-8-14(10-3-5-17-6-4-10)19-20(13)15(11)18-9-12/h7-10,17H,1-6H2. The minimum absolute atomic E-state index is 0.266. The monoisotopic (exact) mass is 272 g/mol. The summed E-state index contributed by atoms with van der Waals surface area (Å²) in [6, 6.07) is 3.79. The number of pyridine rings is 1. The fourth-order valence-corrected chi connectivity index (χ4v) is 3.23. The lowest BCUT2D eigenvalue weighted by Gasteiger charge is -2.20. The molecule has 1 saturated heterocycles. The van der Waals surface area contributed by atoms with Crippen molar-refractivity contribution in [2.75, 3.05) is 13.1 Å². The van der Waals surface area contributed by atoms with Crippen molar-refractivity contribution in [3.63, 3.8) is 0 Å². The van der Waals surface area contributed by atoms with Crippen molar-refractivity contribution in [2.45, 2.75) is 31.6 Å². The van der Waals surface area contributed by atoms with Gasteiger partial charge in [-0.2, -0.15) is 5.10 Å². The number of aromatic nitrogens is 3. The summed E-state index contributed by atoms with van der Waals surface area (Å²) in [6.45, 7) is 2.12. The van der Waals surface area contributed by atoms with Crippen molar-refractivity contribution in [3.05, 3.63) is 41.1 Å². The largest absolute Gasteiger partial charge is 0.317 e. The Labute approximate surface area is 117 Å². The molecule has 20 heavy (non-hydrogen) atoms. The topological polar surface area (TPSA) is 42.7 Å². The van der Waals surface area contributed by atoms with Crippen LogP contribution >= 0.6 is 0 Å². The van der Waals surface area contributed by atoms with Gasteiger partial charge in [0.1, 0.15) is 5.82 Å². The maximum Gasteiger partial charge on any atom is 0.157 e. The van der Waals surface area contributed by atoms with E-state index in [-0.39, 0.29) is 5.82 Å². The van der Waals surface area contributed by atoms with Crippen LogP contribution in [0.5, 0.6) is 0 Å². The van der Waals surface area contributed by atoms with Gasteiger partial charge in [-0.15, -0.1) is 0 Å².